The van der Waals surface area contributed by atoms with Crippen LogP contribution in [0.15, 0.2) is 36.4 Å². The van der Waals surface area contributed by atoms with Crippen molar-refractivity contribution in [2.24, 2.45) is 5.92 Å². The first kappa shape index (κ1) is 15.5. The summed E-state index contributed by atoms with van der Waals surface area (Å²) in [5, 5.41) is 6.27. The van der Waals surface area contributed by atoms with Crippen LogP contribution in [0.3, 0.4) is 0 Å². The highest BCUT2D eigenvalue weighted by atomic mass is 16.1. The molecule has 1 aromatic heterocycles. The molecule has 0 atom stereocenters. The molecule has 1 aliphatic carbocycles. The molecule has 1 heterocycles. The molecule has 0 bridgehead atoms. The van der Waals surface area contributed by atoms with Gasteiger partial charge in [0.1, 0.15) is 11.5 Å². The van der Waals surface area contributed by atoms with Gasteiger partial charge < -0.3 is 10.6 Å². The van der Waals surface area contributed by atoms with Crippen molar-refractivity contribution in [1.29, 1.82) is 0 Å². The van der Waals surface area contributed by atoms with Gasteiger partial charge >= 0.3 is 0 Å². The molecule has 5 nitrogen and oxygen atoms in total. The molecule has 2 N–H and O–H groups in total. The van der Waals surface area contributed by atoms with E-state index < -0.39 is 0 Å². The van der Waals surface area contributed by atoms with E-state index in [0.29, 0.717) is 30.0 Å². The van der Waals surface area contributed by atoms with E-state index in [0.717, 1.165) is 24.2 Å². The molecule has 3 rings (SSSR count). The summed E-state index contributed by atoms with van der Waals surface area (Å²) < 4.78 is 0. The molecule has 1 fully saturated rings. The summed E-state index contributed by atoms with van der Waals surface area (Å²) in [7, 11) is 0. The van der Waals surface area contributed by atoms with Gasteiger partial charge in [-0.15, -0.1) is 0 Å². The Kier molecular flexibility index (Phi) is 4.55. The highest BCUT2D eigenvalue weighted by Gasteiger charge is 2.22. The molecule has 5 heteroatoms. The lowest BCUT2D eigenvalue weighted by atomic mass is 10.2. The lowest BCUT2D eigenvalue weighted by molar-refractivity contribution is 0.0944. The Morgan fingerprint density at radius 3 is 2.61 bits per heavy atom. The third kappa shape index (κ3) is 4.28. The van der Waals surface area contributed by atoms with Crippen LogP contribution in [0, 0.1) is 5.92 Å². The van der Waals surface area contributed by atoms with E-state index in [1.807, 2.05) is 30.3 Å². The summed E-state index contributed by atoms with van der Waals surface area (Å²) in [5.74, 6) is 1.54. The first-order chi connectivity index (χ1) is 11.1. The molecule has 2 aromatic rings. The van der Waals surface area contributed by atoms with Gasteiger partial charge in [-0.05, 0) is 18.8 Å². The Hall–Kier alpha value is -2.43. The average Bonchev–Trinajstić information content (AvgIpc) is 3.37. The molecular formula is C18H22N4O. The molecule has 0 radical (unpaired) electrons. The van der Waals surface area contributed by atoms with Gasteiger partial charge in [0.05, 0.1) is 0 Å². The van der Waals surface area contributed by atoms with E-state index in [-0.39, 0.29) is 5.91 Å². The molecule has 0 spiro atoms. The van der Waals surface area contributed by atoms with Crippen LogP contribution in [0.2, 0.25) is 0 Å². The van der Waals surface area contributed by atoms with Crippen LogP contribution in [0.5, 0.6) is 0 Å². The van der Waals surface area contributed by atoms with Gasteiger partial charge in [-0.25, -0.2) is 9.97 Å². The maximum absolute atomic E-state index is 12.4. The number of hydrogen-bond donors (Lipinski definition) is 2. The second-order valence-electron chi connectivity index (χ2n) is 6.35. The topological polar surface area (TPSA) is 66.9 Å². The van der Waals surface area contributed by atoms with E-state index in [4.69, 9.17) is 0 Å². The van der Waals surface area contributed by atoms with Crippen molar-refractivity contribution in [2.75, 3.05) is 11.9 Å². The summed E-state index contributed by atoms with van der Waals surface area (Å²) in [6.07, 6.45) is 2.30. The molecular weight excluding hydrogens is 288 g/mol. The van der Waals surface area contributed by atoms with Crippen LogP contribution in [-0.2, 0) is 0 Å². The smallest absolute Gasteiger partial charge is 0.270 e. The van der Waals surface area contributed by atoms with E-state index in [2.05, 4.69) is 34.4 Å². The Morgan fingerprint density at radius 1 is 1.22 bits per heavy atom. The zero-order chi connectivity index (χ0) is 16.2. The Morgan fingerprint density at radius 2 is 1.96 bits per heavy atom. The van der Waals surface area contributed by atoms with Gasteiger partial charge in [-0.1, -0.05) is 44.2 Å². The first-order valence-electron chi connectivity index (χ1n) is 8.11. The van der Waals surface area contributed by atoms with Gasteiger partial charge in [-0.2, -0.15) is 0 Å². The monoisotopic (exact) mass is 310 g/mol. The van der Waals surface area contributed by atoms with Crippen LogP contribution in [0.25, 0.3) is 11.4 Å². The zero-order valence-corrected chi connectivity index (χ0v) is 13.5. The zero-order valence-electron chi connectivity index (χ0n) is 13.5. The number of amides is 1. The van der Waals surface area contributed by atoms with Crippen LogP contribution >= 0.6 is 0 Å². The third-order valence-corrected chi connectivity index (χ3v) is 3.59. The Balaban J connectivity index is 1.89. The summed E-state index contributed by atoms with van der Waals surface area (Å²) in [4.78, 5) is 21.4. The minimum Gasteiger partial charge on any atom is -0.367 e. The standard InChI is InChI=1S/C18H22N4O/c1-12(2)11-19-18(23)15-10-16(20-14-8-9-14)22-17(21-15)13-6-4-3-5-7-13/h3-7,10,12,14H,8-9,11H2,1-2H3,(H,19,23)(H,20,21,22). The molecule has 1 aromatic carbocycles. The molecule has 1 saturated carbocycles. The lowest BCUT2D eigenvalue weighted by Gasteiger charge is -2.11. The molecule has 1 amide bonds. The summed E-state index contributed by atoms with van der Waals surface area (Å²) in [6.45, 7) is 4.76. The fraction of sp³-hybridized carbons (Fsp3) is 0.389. The molecule has 23 heavy (non-hydrogen) atoms. The van der Waals surface area contributed by atoms with Gasteiger partial charge in [0.25, 0.3) is 5.91 Å². The number of benzene rings is 1. The maximum Gasteiger partial charge on any atom is 0.270 e. The number of nitrogens with zero attached hydrogens (tertiary/aromatic N) is 2. The van der Waals surface area contributed by atoms with Crippen molar-refractivity contribution in [3.8, 4) is 11.4 Å². The number of rotatable bonds is 6. The SMILES string of the molecule is CC(C)CNC(=O)c1cc(NC2CC2)nc(-c2ccccc2)n1. The molecule has 0 aliphatic heterocycles. The van der Waals surface area contributed by atoms with Crippen LogP contribution in [-0.4, -0.2) is 28.5 Å². The van der Waals surface area contributed by atoms with Crippen LogP contribution < -0.4 is 10.6 Å². The number of aromatic nitrogens is 2. The van der Waals surface area contributed by atoms with Crippen molar-refractivity contribution in [1.82, 2.24) is 15.3 Å². The molecule has 120 valence electrons. The Bertz CT molecular complexity index is 681. The van der Waals surface area contributed by atoms with E-state index in [9.17, 15) is 4.79 Å². The van der Waals surface area contributed by atoms with Crippen LogP contribution in [0.4, 0.5) is 5.82 Å². The number of hydrogen-bond acceptors (Lipinski definition) is 4. The molecule has 1 aliphatic rings. The van der Waals surface area contributed by atoms with Crippen molar-refractivity contribution in [3.63, 3.8) is 0 Å². The predicted molar refractivity (Wildman–Crippen MR) is 91.3 cm³/mol. The van der Waals surface area contributed by atoms with Gasteiger partial charge in [0.2, 0.25) is 0 Å². The fourth-order valence-electron chi connectivity index (χ4n) is 2.18. The van der Waals surface area contributed by atoms with Crippen LogP contribution in [0.1, 0.15) is 37.2 Å². The quantitative estimate of drug-likeness (QED) is 0.860. The van der Waals surface area contributed by atoms with E-state index >= 15 is 0 Å². The minimum absolute atomic E-state index is 0.155. The van der Waals surface area contributed by atoms with E-state index in [1.54, 1.807) is 6.07 Å². The third-order valence-electron chi connectivity index (χ3n) is 3.59. The second-order valence-corrected chi connectivity index (χ2v) is 6.35. The number of carbonyl (C=O) groups excluding carboxylic acids is 1. The van der Waals surface area contributed by atoms with Gasteiger partial charge in [-0.3, -0.25) is 4.79 Å². The van der Waals surface area contributed by atoms with Crippen molar-refractivity contribution in [2.45, 2.75) is 32.7 Å². The normalized spacial score (nSPS) is 13.9. The number of carbonyl (C=O) groups is 1. The highest BCUT2D eigenvalue weighted by Crippen LogP contribution is 2.25. The number of anilines is 1. The molecule has 0 saturated heterocycles. The van der Waals surface area contributed by atoms with Gasteiger partial charge in [0.15, 0.2) is 5.82 Å². The first-order valence-corrected chi connectivity index (χ1v) is 8.11. The second kappa shape index (κ2) is 6.77. The largest absolute Gasteiger partial charge is 0.367 e. The fourth-order valence-corrected chi connectivity index (χ4v) is 2.18. The summed E-state index contributed by atoms with van der Waals surface area (Å²) >= 11 is 0. The van der Waals surface area contributed by atoms with Crippen molar-refractivity contribution >= 4 is 11.7 Å². The average molecular weight is 310 g/mol. The summed E-state index contributed by atoms with van der Waals surface area (Å²) in [6, 6.07) is 11.9. The lowest BCUT2D eigenvalue weighted by Crippen LogP contribution is -2.28. The van der Waals surface area contributed by atoms with Crippen molar-refractivity contribution in [3.05, 3.63) is 42.1 Å². The van der Waals surface area contributed by atoms with Gasteiger partial charge in [0, 0.05) is 24.2 Å². The maximum atomic E-state index is 12.4. The number of nitrogens with one attached hydrogen (secondary N) is 2. The predicted octanol–water partition coefficient (Wildman–Crippen LogP) is 3.10. The highest BCUT2D eigenvalue weighted by molar-refractivity contribution is 5.93. The minimum atomic E-state index is -0.155. The van der Waals surface area contributed by atoms with E-state index in [1.165, 1.54) is 0 Å². The summed E-state index contributed by atoms with van der Waals surface area (Å²) in [5.41, 5.74) is 1.31. The Labute approximate surface area is 136 Å². The molecule has 0 unspecified atom stereocenters. The van der Waals surface area contributed by atoms with Crippen molar-refractivity contribution < 1.29 is 4.79 Å².